The molecule has 86 valence electrons. The molecule has 0 aliphatic rings. The molecule has 0 fully saturated rings. The molecule has 0 aliphatic heterocycles. The Bertz CT molecular complexity index is 553. The number of nitrogens with one attached hydrogen (secondary N) is 1. The van der Waals surface area contributed by atoms with Gasteiger partial charge in [-0.2, -0.15) is 10.5 Å². The molecule has 0 unspecified atom stereocenters. The van der Waals surface area contributed by atoms with Gasteiger partial charge in [-0.15, -0.1) is 0 Å². The second-order valence-electron chi connectivity index (χ2n) is 2.84. The highest BCUT2D eigenvalue weighted by atomic mass is 79.9. The van der Waals surface area contributed by atoms with Crippen LogP contribution in [0.3, 0.4) is 0 Å². The van der Waals surface area contributed by atoms with Gasteiger partial charge < -0.3 is 5.43 Å². The minimum absolute atomic E-state index is 0.147. The Morgan fingerprint density at radius 1 is 1.29 bits per heavy atom. The molecule has 0 radical (unpaired) electrons. The number of rotatable bonds is 2. The van der Waals surface area contributed by atoms with Gasteiger partial charge in [0.2, 0.25) is 0 Å². The van der Waals surface area contributed by atoms with Crippen LogP contribution in [-0.2, 0) is 0 Å². The molecule has 0 aromatic heterocycles. The van der Waals surface area contributed by atoms with Gasteiger partial charge in [-0.25, -0.2) is 0 Å². The Morgan fingerprint density at radius 2 is 1.88 bits per heavy atom. The van der Waals surface area contributed by atoms with E-state index in [2.05, 4.69) is 21.4 Å². The molecule has 4 nitrogen and oxygen atoms in total. The summed E-state index contributed by atoms with van der Waals surface area (Å²) in [6.45, 7) is 0. The van der Waals surface area contributed by atoms with Crippen molar-refractivity contribution in [1.82, 2.24) is 5.43 Å². The average Bonchev–Trinajstić information content (AvgIpc) is 2.34. The summed E-state index contributed by atoms with van der Waals surface area (Å²) in [5.74, 6) is 5.31. The third kappa shape index (κ3) is 2.71. The molecule has 0 saturated carbocycles. The van der Waals surface area contributed by atoms with Crippen LogP contribution in [-0.4, -0.2) is 0 Å². The first kappa shape index (κ1) is 13.8. The lowest BCUT2D eigenvalue weighted by molar-refractivity contribution is 0.986. The van der Waals surface area contributed by atoms with Crippen LogP contribution in [0.1, 0.15) is 5.56 Å². The van der Waals surface area contributed by atoms with Gasteiger partial charge in [-0.05, 0) is 22.0 Å². The van der Waals surface area contributed by atoms with Crippen molar-refractivity contribution in [2.75, 3.05) is 0 Å². The molecule has 3 N–H and O–H groups in total. The molecule has 0 saturated heterocycles. The lowest BCUT2D eigenvalue weighted by atomic mass is 10.1. The first-order valence-electron chi connectivity index (χ1n) is 4.21. The average molecular weight is 332 g/mol. The summed E-state index contributed by atoms with van der Waals surface area (Å²) < 4.78 is 0.461. The number of hydrazine groups is 1. The highest BCUT2D eigenvalue weighted by Gasteiger charge is 2.15. The molecule has 0 bridgehead atoms. The highest BCUT2D eigenvalue weighted by Crippen LogP contribution is 2.35. The van der Waals surface area contributed by atoms with Crippen LogP contribution in [0.15, 0.2) is 22.2 Å². The number of hydrogen-bond acceptors (Lipinski definition) is 4. The number of nitriles is 2. The predicted molar refractivity (Wildman–Crippen MR) is 69.6 cm³/mol. The van der Waals surface area contributed by atoms with Crippen LogP contribution in [0.25, 0.3) is 5.70 Å². The summed E-state index contributed by atoms with van der Waals surface area (Å²) in [5.41, 5.74) is 2.83. The highest BCUT2D eigenvalue weighted by molar-refractivity contribution is 9.10. The predicted octanol–water partition coefficient (Wildman–Crippen LogP) is 2.98. The Morgan fingerprint density at radius 3 is 2.35 bits per heavy atom. The van der Waals surface area contributed by atoms with Crippen LogP contribution in [0.5, 0.6) is 0 Å². The van der Waals surface area contributed by atoms with E-state index >= 15 is 0 Å². The summed E-state index contributed by atoms with van der Waals surface area (Å²) in [4.78, 5) is 0. The lowest BCUT2D eigenvalue weighted by Gasteiger charge is -2.10. The first-order chi connectivity index (χ1) is 8.06. The van der Waals surface area contributed by atoms with E-state index in [1.165, 1.54) is 0 Å². The van der Waals surface area contributed by atoms with Gasteiger partial charge in [0, 0.05) is 10.0 Å². The summed E-state index contributed by atoms with van der Waals surface area (Å²) in [6.07, 6.45) is 0. The van der Waals surface area contributed by atoms with Gasteiger partial charge in [0.1, 0.15) is 12.1 Å². The van der Waals surface area contributed by atoms with E-state index in [1.54, 1.807) is 24.3 Å². The van der Waals surface area contributed by atoms with Gasteiger partial charge in [0.05, 0.1) is 15.7 Å². The Kier molecular flexibility index (Phi) is 4.80. The fraction of sp³-hybridized carbons (Fsp3) is 0. The molecular weight excluding hydrogens is 327 g/mol. The quantitative estimate of drug-likeness (QED) is 0.377. The number of nitrogens with two attached hydrogens (primary N) is 1. The molecule has 1 aromatic rings. The largest absolute Gasteiger partial charge is 0.322 e. The number of hydrogen-bond donors (Lipinski definition) is 2. The molecule has 0 heterocycles. The Labute approximate surface area is 116 Å². The number of benzene rings is 1. The molecule has 1 aromatic carbocycles. The van der Waals surface area contributed by atoms with Crippen LogP contribution in [0.4, 0.5) is 0 Å². The normalized spacial score (nSPS) is 9.06. The minimum Gasteiger partial charge on any atom is -0.322 e. The van der Waals surface area contributed by atoms with Gasteiger partial charge in [-0.1, -0.05) is 29.3 Å². The summed E-state index contributed by atoms with van der Waals surface area (Å²) in [5, 5.41) is 18.2. The number of allylic oxidation sites excluding steroid dienone is 1. The zero-order valence-electron chi connectivity index (χ0n) is 8.26. The molecule has 0 atom stereocenters. The van der Waals surface area contributed by atoms with E-state index < -0.39 is 0 Å². The van der Waals surface area contributed by atoms with Gasteiger partial charge >= 0.3 is 0 Å². The maximum absolute atomic E-state index is 8.80. The van der Waals surface area contributed by atoms with Crippen molar-refractivity contribution >= 4 is 44.8 Å². The minimum atomic E-state index is -0.147. The van der Waals surface area contributed by atoms with E-state index in [0.717, 1.165) is 0 Å². The number of nitrogens with zero attached hydrogens (tertiary/aromatic N) is 2. The van der Waals surface area contributed by atoms with Crippen LogP contribution in [0.2, 0.25) is 10.0 Å². The van der Waals surface area contributed by atoms with Gasteiger partial charge in [0.25, 0.3) is 0 Å². The lowest BCUT2D eigenvalue weighted by Crippen LogP contribution is -2.21. The van der Waals surface area contributed by atoms with Crippen molar-refractivity contribution in [1.29, 1.82) is 10.5 Å². The summed E-state index contributed by atoms with van der Waals surface area (Å²) >= 11 is 15.0. The van der Waals surface area contributed by atoms with E-state index in [1.807, 2.05) is 0 Å². The van der Waals surface area contributed by atoms with E-state index in [4.69, 9.17) is 39.6 Å². The number of halogens is 3. The topological polar surface area (TPSA) is 85.6 Å². The molecule has 0 amide bonds. The van der Waals surface area contributed by atoms with Crippen molar-refractivity contribution in [3.05, 3.63) is 37.8 Å². The first-order valence-corrected chi connectivity index (χ1v) is 5.76. The second-order valence-corrected chi connectivity index (χ2v) is 4.42. The fourth-order valence-corrected chi connectivity index (χ4v) is 2.12. The molecule has 17 heavy (non-hydrogen) atoms. The second kappa shape index (κ2) is 5.90. The standard InChI is InChI=1S/C10H5BrCl2N4/c11-8-6(1-2-7(12)9(8)13)10(17-16)5(3-14)4-15/h1-2,17H,16H2. The van der Waals surface area contributed by atoms with Crippen molar-refractivity contribution in [2.45, 2.75) is 0 Å². The van der Waals surface area contributed by atoms with Crippen molar-refractivity contribution < 1.29 is 0 Å². The van der Waals surface area contributed by atoms with Crippen LogP contribution < -0.4 is 11.3 Å². The van der Waals surface area contributed by atoms with E-state index in [0.29, 0.717) is 15.1 Å². The van der Waals surface area contributed by atoms with Crippen LogP contribution >= 0.6 is 39.1 Å². The van der Waals surface area contributed by atoms with Crippen molar-refractivity contribution in [3.63, 3.8) is 0 Å². The molecule has 0 spiro atoms. The third-order valence-corrected chi connectivity index (χ3v) is 3.78. The van der Waals surface area contributed by atoms with Gasteiger partial charge in [-0.3, -0.25) is 5.84 Å². The maximum atomic E-state index is 8.80. The zero-order valence-corrected chi connectivity index (χ0v) is 11.4. The molecule has 7 heteroatoms. The fourth-order valence-electron chi connectivity index (χ4n) is 1.14. The zero-order chi connectivity index (χ0) is 13.0. The molecular formula is C10H5BrCl2N4. The van der Waals surface area contributed by atoms with E-state index in [-0.39, 0.29) is 16.3 Å². The van der Waals surface area contributed by atoms with Crippen molar-refractivity contribution in [3.8, 4) is 12.1 Å². The van der Waals surface area contributed by atoms with Crippen molar-refractivity contribution in [2.24, 2.45) is 5.84 Å². The Balaban J connectivity index is 3.55. The van der Waals surface area contributed by atoms with E-state index in [9.17, 15) is 0 Å². The summed E-state index contributed by atoms with van der Waals surface area (Å²) in [6, 6.07) is 6.63. The third-order valence-electron chi connectivity index (χ3n) is 1.92. The smallest absolute Gasteiger partial charge is 0.154 e. The summed E-state index contributed by atoms with van der Waals surface area (Å²) in [7, 11) is 0. The Hall–Kier alpha value is -1.24. The maximum Gasteiger partial charge on any atom is 0.154 e. The molecule has 1 rings (SSSR count). The van der Waals surface area contributed by atoms with Crippen LogP contribution in [0, 0.1) is 22.7 Å². The monoisotopic (exact) mass is 330 g/mol. The van der Waals surface area contributed by atoms with Gasteiger partial charge in [0.15, 0.2) is 5.57 Å². The molecule has 0 aliphatic carbocycles. The SMILES string of the molecule is N#CC(C#N)=C(NN)c1ccc(Cl)c(Cl)c1Br.